The largest absolute Gasteiger partial charge is 0.493 e. The maximum absolute atomic E-state index is 10.5. The number of rotatable bonds is 6. The minimum atomic E-state index is -0.858. The summed E-state index contributed by atoms with van der Waals surface area (Å²) in [5.41, 5.74) is 0. The van der Waals surface area contributed by atoms with Crippen molar-refractivity contribution in [3.8, 4) is 11.5 Å². The van der Waals surface area contributed by atoms with Gasteiger partial charge in [-0.1, -0.05) is 12.1 Å². The van der Waals surface area contributed by atoms with Crippen molar-refractivity contribution in [3.63, 3.8) is 0 Å². The average Bonchev–Trinajstić information content (AvgIpc) is 2.34. The van der Waals surface area contributed by atoms with Gasteiger partial charge in [-0.3, -0.25) is 4.79 Å². The van der Waals surface area contributed by atoms with Crippen molar-refractivity contribution < 1.29 is 24.1 Å². The molecule has 0 fully saturated rings. The van der Waals surface area contributed by atoms with Crippen molar-refractivity contribution in [1.82, 2.24) is 0 Å². The highest BCUT2D eigenvalue weighted by Gasteiger charge is 2.09. The van der Waals surface area contributed by atoms with Gasteiger partial charge in [-0.15, -0.1) is 0 Å². The molecule has 17 heavy (non-hydrogen) atoms. The van der Waals surface area contributed by atoms with E-state index in [1.165, 1.54) is 14.0 Å². The van der Waals surface area contributed by atoms with E-state index in [4.69, 9.17) is 9.47 Å². The van der Waals surface area contributed by atoms with Crippen LogP contribution in [-0.4, -0.2) is 37.5 Å². The molecule has 0 heterocycles. The number of aliphatic hydroxyl groups excluding tert-OH is 1. The fraction of sp³-hybridized carbons (Fsp3) is 0.417. The summed E-state index contributed by atoms with van der Waals surface area (Å²) in [7, 11) is 1.54. The van der Waals surface area contributed by atoms with E-state index in [1.54, 1.807) is 18.2 Å². The molecule has 0 aliphatic rings. The molecular weight excluding hydrogens is 224 g/mol. The van der Waals surface area contributed by atoms with Crippen LogP contribution >= 0.6 is 0 Å². The fourth-order valence-corrected chi connectivity index (χ4v) is 1.19. The van der Waals surface area contributed by atoms with Gasteiger partial charge in [0, 0.05) is 6.92 Å². The van der Waals surface area contributed by atoms with Gasteiger partial charge in [-0.25, -0.2) is 0 Å². The molecule has 1 atom stereocenters. The molecule has 1 N–H and O–H groups in total. The minimum absolute atomic E-state index is 0.0354. The van der Waals surface area contributed by atoms with E-state index in [9.17, 15) is 9.90 Å². The Morgan fingerprint density at radius 1 is 1.29 bits per heavy atom. The van der Waals surface area contributed by atoms with E-state index < -0.39 is 12.1 Å². The van der Waals surface area contributed by atoms with Crippen molar-refractivity contribution in [2.45, 2.75) is 13.0 Å². The first-order chi connectivity index (χ1) is 8.13. The molecule has 0 unspecified atom stereocenters. The van der Waals surface area contributed by atoms with Crippen LogP contribution in [0.15, 0.2) is 24.3 Å². The topological polar surface area (TPSA) is 65.0 Å². The lowest BCUT2D eigenvalue weighted by molar-refractivity contribution is -0.144. The molecule has 0 spiro atoms. The smallest absolute Gasteiger partial charge is 0.302 e. The molecule has 5 heteroatoms. The van der Waals surface area contributed by atoms with Crippen LogP contribution in [0.1, 0.15) is 6.92 Å². The van der Waals surface area contributed by atoms with Gasteiger partial charge in [0.05, 0.1) is 7.11 Å². The van der Waals surface area contributed by atoms with Crippen LogP contribution in [0, 0.1) is 0 Å². The first-order valence-electron chi connectivity index (χ1n) is 5.20. The van der Waals surface area contributed by atoms with Gasteiger partial charge >= 0.3 is 5.97 Å². The fourth-order valence-electron chi connectivity index (χ4n) is 1.19. The zero-order valence-electron chi connectivity index (χ0n) is 9.88. The monoisotopic (exact) mass is 240 g/mol. The molecule has 94 valence electrons. The van der Waals surface area contributed by atoms with Gasteiger partial charge in [0.2, 0.25) is 0 Å². The van der Waals surface area contributed by atoms with Crippen molar-refractivity contribution >= 4 is 5.97 Å². The zero-order chi connectivity index (χ0) is 12.7. The SMILES string of the molecule is COc1ccccc1OC[C@@H](O)COC(C)=O. The second kappa shape index (κ2) is 6.75. The molecule has 0 amide bonds. The first-order valence-corrected chi connectivity index (χ1v) is 5.20. The Kier molecular flexibility index (Phi) is 5.29. The third-order valence-corrected chi connectivity index (χ3v) is 1.98. The second-order valence-electron chi connectivity index (χ2n) is 3.42. The Bertz CT molecular complexity index is 364. The summed E-state index contributed by atoms with van der Waals surface area (Å²) >= 11 is 0. The van der Waals surface area contributed by atoms with Gasteiger partial charge < -0.3 is 19.3 Å². The van der Waals surface area contributed by atoms with Crippen LogP contribution in [0.25, 0.3) is 0 Å². The molecule has 1 aromatic carbocycles. The number of methoxy groups -OCH3 is 1. The summed E-state index contributed by atoms with van der Waals surface area (Å²) in [5, 5.41) is 9.48. The van der Waals surface area contributed by atoms with Crippen molar-refractivity contribution in [2.75, 3.05) is 20.3 Å². The third kappa shape index (κ3) is 4.74. The van der Waals surface area contributed by atoms with Gasteiger partial charge in [-0.2, -0.15) is 0 Å². The van der Waals surface area contributed by atoms with Crippen molar-refractivity contribution in [3.05, 3.63) is 24.3 Å². The predicted molar refractivity (Wildman–Crippen MR) is 61.1 cm³/mol. The minimum Gasteiger partial charge on any atom is -0.493 e. The van der Waals surface area contributed by atoms with Gasteiger partial charge in [0.15, 0.2) is 11.5 Å². The van der Waals surface area contributed by atoms with E-state index in [-0.39, 0.29) is 13.2 Å². The first kappa shape index (κ1) is 13.3. The Hall–Kier alpha value is -1.75. The van der Waals surface area contributed by atoms with E-state index in [0.29, 0.717) is 11.5 Å². The van der Waals surface area contributed by atoms with Gasteiger partial charge in [0.25, 0.3) is 0 Å². The number of carbonyl (C=O) groups is 1. The Balaban J connectivity index is 2.41. The number of esters is 1. The lowest BCUT2D eigenvalue weighted by atomic mass is 10.3. The molecule has 0 saturated heterocycles. The number of hydrogen-bond donors (Lipinski definition) is 1. The molecule has 0 saturated carbocycles. The highest BCUT2D eigenvalue weighted by atomic mass is 16.6. The lowest BCUT2D eigenvalue weighted by Gasteiger charge is -2.13. The van der Waals surface area contributed by atoms with Crippen LogP contribution in [0.4, 0.5) is 0 Å². The molecule has 0 aliphatic heterocycles. The standard InChI is InChI=1S/C12H16O5/c1-9(13)16-7-10(14)8-17-12-6-4-3-5-11(12)15-2/h3-6,10,14H,7-8H2,1-2H3/t10-/m0/s1. The Morgan fingerprint density at radius 3 is 2.53 bits per heavy atom. The quantitative estimate of drug-likeness (QED) is 0.751. The van der Waals surface area contributed by atoms with Crippen molar-refractivity contribution in [1.29, 1.82) is 0 Å². The highest BCUT2D eigenvalue weighted by Crippen LogP contribution is 2.25. The molecule has 0 aliphatic carbocycles. The molecule has 5 nitrogen and oxygen atoms in total. The molecule has 1 aromatic rings. The van der Waals surface area contributed by atoms with Crippen LogP contribution < -0.4 is 9.47 Å². The van der Waals surface area contributed by atoms with E-state index in [2.05, 4.69) is 4.74 Å². The number of ether oxygens (including phenoxy) is 3. The summed E-state index contributed by atoms with van der Waals surface area (Å²) in [6, 6.07) is 7.11. The number of para-hydroxylation sites is 2. The maximum Gasteiger partial charge on any atom is 0.302 e. The zero-order valence-corrected chi connectivity index (χ0v) is 9.88. The van der Waals surface area contributed by atoms with Crippen molar-refractivity contribution in [2.24, 2.45) is 0 Å². The normalized spacial score (nSPS) is 11.7. The Morgan fingerprint density at radius 2 is 1.94 bits per heavy atom. The molecular formula is C12H16O5. The summed E-state index contributed by atoms with van der Waals surface area (Å²) < 4.78 is 15.1. The number of hydrogen-bond acceptors (Lipinski definition) is 5. The number of carbonyl (C=O) groups excluding carboxylic acids is 1. The molecule has 0 aromatic heterocycles. The molecule has 0 radical (unpaired) electrons. The Labute approximate surface area is 99.9 Å². The molecule has 0 bridgehead atoms. The molecule has 1 rings (SSSR count). The van der Waals surface area contributed by atoms with Crippen LogP contribution in [0.5, 0.6) is 11.5 Å². The van der Waals surface area contributed by atoms with Crippen LogP contribution in [0.3, 0.4) is 0 Å². The number of aliphatic hydroxyl groups is 1. The summed E-state index contributed by atoms with van der Waals surface area (Å²) in [6.45, 7) is 1.24. The van der Waals surface area contributed by atoms with Gasteiger partial charge in [0.1, 0.15) is 19.3 Å². The average molecular weight is 240 g/mol. The summed E-state index contributed by atoms with van der Waals surface area (Å²) in [6.07, 6.45) is -0.858. The maximum atomic E-state index is 10.5. The predicted octanol–water partition coefficient (Wildman–Crippen LogP) is 0.998. The van der Waals surface area contributed by atoms with Gasteiger partial charge in [-0.05, 0) is 12.1 Å². The summed E-state index contributed by atoms with van der Waals surface area (Å²) in [4.78, 5) is 10.5. The van der Waals surface area contributed by atoms with Crippen LogP contribution in [0.2, 0.25) is 0 Å². The van der Waals surface area contributed by atoms with E-state index in [0.717, 1.165) is 0 Å². The lowest BCUT2D eigenvalue weighted by Crippen LogP contribution is -2.24. The third-order valence-electron chi connectivity index (χ3n) is 1.98. The van der Waals surface area contributed by atoms with Crippen LogP contribution in [-0.2, 0) is 9.53 Å². The number of benzene rings is 1. The van der Waals surface area contributed by atoms with E-state index in [1.807, 2.05) is 6.07 Å². The summed E-state index contributed by atoms with van der Waals surface area (Å²) in [5.74, 6) is 0.699. The van der Waals surface area contributed by atoms with E-state index >= 15 is 0 Å². The highest BCUT2D eigenvalue weighted by molar-refractivity contribution is 5.65. The second-order valence-corrected chi connectivity index (χ2v) is 3.42.